The number of hydrogen-bond donors (Lipinski definition) is 1. The molecule has 1 atom stereocenters. The predicted molar refractivity (Wildman–Crippen MR) is 73.3 cm³/mol. The number of carbonyl (C=O) groups excluding carboxylic acids is 1. The Morgan fingerprint density at radius 3 is 3.06 bits per heavy atom. The molecular weight excluding hydrogens is 246 g/mol. The van der Waals surface area contributed by atoms with Crippen LogP contribution in [0, 0.1) is 12.8 Å². The minimum atomic E-state index is -1.39. The summed E-state index contributed by atoms with van der Waals surface area (Å²) in [6.45, 7) is 2.00. The zero-order chi connectivity index (χ0) is 14.7. The lowest BCUT2D eigenvalue weighted by Gasteiger charge is -2.22. The molecule has 0 aromatic heterocycles. The van der Waals surface area contributed by atoms with Crippen molar-refractivity contribution in [1.82, 2.24) is 0 Å². The smallest absolute Gasteiger partial charge is 0.224 e. The van der Waals surface area contributed by atoms with Gasteiger partial charge in [-0.2, -0.15) is 0 Å². The van der Waals surface area contributed by atoms with Gasteiger partial charge in [-0.3, -0.25) is 4.79 Å². The number of amides is 1. The lowest BCUT2D eigenvalue weighted by molar-refractivity contribution is -0.121. The maximum atomic E-state index is 11.7. The SMILES string of the molecule is [2H]C1([2H])CC2=C(Cc3c(C)cc(Cl)cc32)C(C(N)=O)C1. The molecule has 2 aliphatic rings. The van der Waals surface area contributed by atoms with Crippen LogP contribution in [0.3, 0.4) is 0 Å². The van der Waals surface area contributed by atoms with E-state index in [0.717, 1.165) is 27.8 Å². The standard InChI is InChI=1S/C15H16ClNO/c1-8-5-9(16)6-13-10-3-2-4-11(15(17)18)14(10)7-12(8)13/h5-6,11H,2-4,7H2,1H3,(H2,17,18)/i2D2. The van der Waals surface area contributed by atoms with Crippen LogP contribution in [0.4, 0.5) is 0 Å². The van der Waals surface area contributed by atoms with Crippen LogP contribution in [-0.4, -0.2) is 5.91 Å². The number of fused-ring (bicyclic) bond motifs is 2. The molecule has 0 spiro atoms. The minimum Gasteiger partial charge on any atom is -0.369 e. The van der Waals surface area contributed by atoms with Crippen LogP contribution in [0.15, 0.2) is 17.7 Å². The molecule has 94 valence electrons. The van der Waals surface area contributed by atoms with Crippen LogP contribution in [0.1, 0.15) is 38.6 Å². The fourth-order valence-electron chi connectivity index (χ4n) is 3.03. The van der Waals surface area contributed by atoms with E-state index in [-0.39, 0.29) is 6.42 Å². The minimum absolute atomic E-state index is 0.182. The highest BCUT2D eigenvalue weighted by Gasteiger charge is 2.33. The van der Waals surface area contributed by atoms with Crippen molar-refractivity contribution in [3.05, 3.63) is 39.4 Å². The highest BCUT2D eigenvalue weighted by atomic mass is 35.5. The molecule has 1 aromatic rings. The van der Waals surface area contributed by atoms with E-state index in [9.17, 15) is 4.79 Å². The number of halogens is 1. The van der Waals surface area contributed by atoms with Crippen molar-refractivity contribution < 1.29 is 7.54 Å². The van der Waals surface area contributed by atoms with Crippen LogP contribution in [0.25, 0.3) is 5.57 Å². The Hall–Kier alpha value is -1.28. The van der Waals surface area contributed by atoms with Crippen LogP contribution in [-0.2, 0) is 11.2 Å². The van der Waals surface area contributed by atoms with Gasteiger partial charge in [-0.15, -0.1) is 0 Å². The van der Waals surface area contributed by atoms with Crippen molar-refractivity contribution >= 4 is 23.1 Å². The molecule has 0 radical (unpaired) electrons. The fourth-order valence-corrected chi connectivity index (χ4v) is 3.30. The first-order valence-electron chi connectivity index (χ1n) is 7.09. The van der Waals surface area contributed by atoms with E-state index in [1.807, 2.05) is 19.1 Å². The van der Waals surface area contributed by atoms with E-state index in [2.05, 4.69) is 0 Å². The Kier molecular flexibility index (Phi) is 2.21. The summed E-state index contributed by atoms with van der Waals surface area (Å²) in [6.07, 6.45) is -0.186. The number of primary amides is 1. The Bertz CT molecular complexity index is 652. The zero-order valence-electron chi connectivity index (χ0n) is 12.2. The maximum absolute atomic E-state index is 11.7. The summed E-state index contributed by atoms with van der Waals surface area (Å²) in [5.74, 6) is -0.933. The van der Waals surface area contributed by atoms with Crippen molar-refractivity contribution in [3.63, 3.8) is 0 Å². The third-order valence-electron chi connectivity index (χ3n) is 3.93. The van der Waals surface area contributed by atoms with Gasteiger partial charge in [-0.1, -0.05) is 11.6 Å². The summed E-state index contributed by atoms with van der Waals surface area (Å²) in [5.41, 5.74) is 10.7. The average Bonchev–Trinajstić information content (AvgIpc) is 2.66. The predicted octanol–water partition coefficient (Wildman–Crippen LogP) is 3.24. The first kappa shape index (κ1) is 9.62. The fraction of sp³-hybridized carbons (Fsp3) is 0.400. The van der Waals surface area contributed by atoms with Crippen LogP contribution in [0.2, 0.25) is 5.02 Å². The van der Waals surface area contributed by atoms with Gasteiger partial charge in [0.15, 0.2) is 0 Å². The van der Waals surface area contributed by atoms with Crippen molar-refractivity contribution in [2.75, 3.05) is 0 Å². The van der Waals surface area contributed by atoms with Gasteiger partial charge in [-0.05, 0) is 72.5 Å². The van der Waals surface area contributed by atoms with Crippen molar-refractivity contribution in [1.29, 1.82) is 0 Å². The molecule has 1 unspecified atom stereocenters. The average molecular weight is 264 g/mol. The summed E-state index contributed by atoms with van der Waals surface area (Å²) in [6, 6.07) is 3.79. The van der Waals surface area contributed by atoms with Gasteiger partial charge in [0.25, 0.3) is 0 Å². The summed E-state index contributed by atoms with van der Waals surface area (Å²) in [5, 5.41) is 0.650. The number of allylic oxidation sites excluding steroid dienone is 1. The molecule has 1 aromatic carbocycles. The van der Waals surface area contributed by atoms with E-state index >= 15 is 0 Å². The first-order valence-corrected chi connectivity index (χ1v) is 6.47. The summed E-state index contributed by atoms with van der Waals surface area (Å²) in [7, 11) is 0. The molecule has 0 fully saturated rings. The van der Waals surface area contributed by atoms with Crippen molar-refractivity contribution in [3.8, 4) is 0 Å². The summed E-state index contributed by atoms with van der Waals surface area (Å²) < 4.78 is 16.1. The molecule has 0 saturated carbocycles. The number of hydrogen-bond acceptors (Lipinski definition) is 1. The van der Waals surface area contributed by atoms with E-state index in [0.29, 0.717) is 17.9 Å². The monoisotopic (exact) mass is 263 g/mol. The molecular formula is C15H16ClNO. The molecule has 3 heteroatoms. The topological polar surface area (TPSA) is 43.1 Å². The molecule has 1 amide bonds. The van der Waals surface area contributed by atoms with Gasteiger partial charge in [0.1, 0.15) is 0 Å². The second-order valence-electron chi connectivity index (χ2n) is 5.02. The van der Waals surface area contributed by atoms with Crippen LogP contribution >= 0.6 is 11.6 Å². The van der Waals surface area contributed by atoms with Gasteiger partial charge in [-0.25, -0.2) is 0 Å². The highest BCUT2D eigenvalue weighted by molar-refractivity contribution is 6.30. The number of benzene rings is 1. The molecule has 0 bridgehead atoms. The second kappa shape index (κ2) is 4.13. The van der Waals surface area contributed by atoms with E-state index in [4.69, 9.17) is 20.1 Å². The number of rotatable bonds is 1. The van der Waals surface area contributed by atoms with E-state index in [1.54, 1.807) is 0 Å². The van der Waals surface area contributed by atoms with Gasteiger partial charge < -0.3 is 5.73 Å². The van der Waals surface area contributed by atoms with Crippen molar-refractivity contribution in [2.45, 2.75) is 32.6 Å². The molecule has 3 rings (SSSR count). The molecule has 0 heterocycles. The third kappa shape index (κ3) is 1.67. The zero-order valence-corrected chi connectivity index (χ0v) is 11.0. The van der Waals surface area contributed by atoms with Gasteiger partial charge >= 0.3 is 0 Å². The van der Waals surface area contributed by atoms with E-state index in [1.165, 1.54) is 0 Å². The second-order valence-corrected chi connectivity index (χ2v) is 5.45. The molecule has 18 heavy (non-hydrogen) atoms. The van der Waals surface area contributed by atoms with Gasteiger partial charge in [0.05, 0.1) is 5.92 Å². The largest absolute Gasteiger partial charge is 0.369 e. The molecule has 0 aliphatic heterocycles. The Balaban J connectivity index is 2.16. The quantitative estimate of drug-likeness (QED) is 0.830. The lowest BCUT2D eigenvalue weighted by atomic mass is 9.82. The van der Waals surface area contributed by atoms with Gasteiger partial charge in [0, 0.05) is 7.76 Å². The maximum Gasteiger partial charge on any atom is 0.224 e. The van der Waals surface area contributed by atoms with Gasteiger partial charge in [0.2, 0.25) is 5.91 Å². The highest BCUT2D eigenvalue weighted by Crippen LogP contribution is 2.45. The Morgan fingerprint density at radius 2 is 2.33 bits per heavy atom. The van der Waals surface area contributed by atoms with Crippen LogP contribution in [0.5, 0.6) is 0 Å². The Labute approximate surface area is 115 Å². The summed E-state index contributed by atoms with van der Waals surface area (Å²) >= 11 is 6.12. The van der Waals surface area contributed by atoms with Crippen molar-refractivity contribution in [2.24, 2.45) is 11.7 Å². The normalized spacial score (nSPS) is 26.2. The Morgan fingerprint density at radius 1 is 1.56 bits per heavy atom. The third-order valence-corrected chi connectivity index (χ3v) is 4.15. The number of nitrogens with two attached hydrogens (primary N) is 1. The molecule has 2 aliphatic carbocycles. The summed E-state index contributed by atoms with van der Waals surface area (Å²) in [4.78, 5) is 11.7. The number of carbonyl (C=O) groups is 1. The lowest BCUT2D eigenvalue weighted by Crippen LogP contribution is -2.27. The first-order chi connectivity index (χ1) is 9.28. The molecule has 0 saturated heterocycles. The van der Waals surface area contributed by atoms with Crippen LogP contribution < -0.4 is 5.73 Å². The molecule has 2 nitrogen and oxygen atoms in total. The molecule has 2 N–H and O–H groups in total. The van der Waals surface area contributed by atoms with E-state index < -0.39 is 18.2 Å². The number of aryl methyl sites for hydroxylation is 1.